The SMILES string of the molecule is COC(=O)c1ccc(NC(=O)C(C)C(C)N)cc1. The minimum atomic E-state index is -0.406. The summed E-state index contributed by atoms with van der Waals surface area (Å²) in [6, 6.07) is 6.28. The first kappa shape index (κ1) is 14.2. The molecule has 0 bridgehead atoms. The van der Waals surface area contributed by atoms with E-state index in [4.69, 9.17) is 5.73 Å². The van der Waals surface area contributed by atoms with E-state index >= 15 is 0 Å². The number of hydrogen-bond acceptors (Lipinski definition) is 4. The van der Waals surface area contributed by atoms with Crippen molar-refractivity contribution >= 4 is 17.6 Å². The largest absolute Gasteiger partial charge is 0.465 e. The predicted molar refractivity (Wildman–Crippen MR) is 69.2 cm³/mol. The van der Waals surface area contributed by atoms with Crippen LogP contribution in [0.15, 0.2) is 24.3 Å². The fourth-order valence-electron chi connectivity index (χ4n) is 1.30. The zero-order valence-electron chi connectivity index (χ0n) is 10.8. The van der Waals surface area contributed by atoms with Crippen molar-refractivity contribution in [1.82, 2.24) is 0 Å². The Hall–Kier alpha value is -1.88. The molecule has 2 atom stereocenters. The second-order valence-electron chi connectivity index (χ2n) is 4.21. The highest BCUT2D eigenvalue weighted by Gasteiger charge is 2.17. The van der Waals surface area contributed by atoms with Crippen LogP contribution < -0.4 is 11.1 Å². The molecule has 0 aromatic heterocycles. The van der Waals surface area contributed by atoms with E-state index < -0.39 is 5.97 Å². The highest BCUT2D eigenvalue weighted by molar-refractivity contribution is 5.94. The van der Waals surface area contributed by atoms with E-state index in [0.29, 0.717) is 11.3 Å². The molecule has 18 heavy (non-hydrogen) atoms. The number of carbonyl (C=O) groups is 2. The topological polar surface area (TPSA) is 81.4 Å². The molecule has 0 saturated heterocycles. The number of nitrogens with two attached hydrogens (primary N) is 1. The van der Waals surface area contributed by atoms with Crippen LogP contribution in [-0.2, 0) is 9.53 Å². The van der Waals surface area contributed by atoms with Gasteiger partial charge in [-0.1, -0.05) is 6.92 Å². The third-order valence-corrected chi connectivity index (χ3v) is 2.78. The quantitative estimate of drug-likeness (QED) is 0.791. The molecule has 0 spiro atoms. The second-order valence-corrected chi connectivity index (χ2v) is 4.21. The van der Waals surface area contributed by atoms with E-state index in [0.717, 1.165) is 0 Å². The Morgan fingerprint density at radius 3 is 2.22 bits per heavy atom. The van der Waals surface area contributed by atoms with Gasteiger partial charge in [-0.15, -0.1) is 0 Å². The van der Waals surface area contributed by atoms with Gasteiger partial charge in [-0.05, 0) is 31.2 Å². The molecule has 0 saturated carbocycles. The molecule has 1 amide bonds. The minimum Gasteiger partial charge on any atom is -0.465 e. The molecule has 0 fully saturated rings. The lowest BCUT2D eigenvalue weighted by molar-refractivity contribution is -0.119. The maximum atomic E-state index is 11.7. The van der Waals surface area contributed by atoms with E-state index in [-0.39, 0.29) is 17.9 Å². The zero-order chi connectivity index (χ0) is 13.7. The molecule has 0 aliphatic rings. The van der Waals surface area contributed by atoms with Crippen molar-refractivity contribution in [3.8, 4) is 0 Å². The number of esters is 1. The van der Waals surface area contributed by atoms with Gasteiger partial charge in [-0.2, -0.15) is 0 Å². The number of methoxy groups -OCH3 is 1. The Labute approximate surface area is 106 Å². The van der Waals surface area contributed by atoms with Gasteiger partial charge in [0.1, 0.15) is 0 Å². The van der Waals surface area contributed by atoms with Crippen LogP contribution in [-0.4, -0.2) is 25.0 Å². The number of ether oxygens (including phenoxy) is 1. The highest BCUT2D eigenvalue weighted by Crippen LogP contribution is 2.12. The third-order valence-electron chi connectivity index (χ3n) is 2.78. The number of amides is 1. The Balaban J connectivity index is 2.69. The lowest BCUT2D eigenvalue weighted by Crippen LogP contribution is -2.34. The molecule has 1 aromatic rings. The summed E-state index contributed by atoms with van der Waals surface area (Å²) >= 11 is 0. The summed E-state index contributed by atoms with van der Waals surface area (Å²) in [7, 11) is 1.32. The molecular formula is C13H18N2O3. The van der Waals surface area contributed by atoms with Crippen LogP contribution >= 0.6 is 0 Å². The second kappa shape index (κ2) is 6.16. The predicted octanol–water partition coefficient (Wildman–Crippen LogP) is 1.39. The third kappa shape index (κ3) is 3.56. The summed E-state index contributed by atoms with van der Waals surface area (Å²) < 4.78 is 4.58. The van der Waals surface area contributed by atoms with Gasteiger partial charge in [-0.25, -0.2) is 4.79 Å². The minimum absolute atomic E-state index is 0.143. The van der Waals surface area contributed by atoms with Crippen LogP contribution in [0.5, 0.6) is 0 Å². The summed E-state index contributed by atoms with van der Waals surface area (Å²) in [5.74, 6) is -0.821. The van der Waals surface area contributed by atoms with Crippen molar-refractivity contribution in [2.24, 2.45) is 11.7 Å². The first-order valence-corrected chi connectivity index (χ1v) is 5.70. The molecule has 0 aliphatic heterocycles. The molecule has 1 rings (SSSR count). The van der Waals surface area contributed by atoms with Crippen LogP contribution in [0.1, 0.15) is 24.2 Å². The molecule has 2 unspecified atom stereocenters. The van der Waals surface area contributed by atoms with Crippen LogP contribution in [0.2, 0.25) is 0 Å². The number of carbonyl (C=O) groups excluding carboxylic acids is 2. The van der Waals surface area contributed by atoms with Crippen molar-refractivity contribution in [3.05, 3.63) is 29.8 Å². The molecule has 5 heteroatoms. The van der Waals surface area contributed by atoms with E-state index in [2.05, 4.69) is 10.1 Å². The standard InChI is InChI=1S/C13H18N2O3/c1-8(9(2)14)12(16)15-11-6-4-10(5-7-11)13(17)18-3/h4-9H,14H2,1-3H3,(H,15,16). The van der Waals surface area contributed by atoms with Crippen molar-refractivity contribution in [2.75, 3.05) is 12.4 Å². The maximum Gasteiger partial charge on any atom is 0.337 e. The van der Waals surface area contributed by atoms with E-state index in [1.807, 2.05) is 0 Å². The number of benzene rings is 1. The van der Waals surface area contributed by atoms with Gasteiger partial charge in [0.25, 0.3) is 0 Å². The Morgan fingerprint density at radius 2 is 1.78 bits per heavy atom. The Bertz CT molecular complexity index is 426. The fraction of sp³-hybridized carbons (Fsp3) is 0.385. The molecule has 0 radical (unpaired) electrons. The first-order valence-electron chi connectivity index (χ1n) is 5.70. The van der Waals surface area contributed by atoms with Gasteiger partial charge in [0.2, 0.25) is 5.91 Å². The van der Waals surface area contributed by atoms with Gasteiger partial charge in [0, 0.05) is 11.7 Å². The zero-order valence-corrected chi connectivity index (χ0v) is 10.8. The van der Waals surface area contributed by atoms with E-state index in [1.54, 1.807) is 38.1 Å². The van der Waals surface area contributed by atoms with Crippen molar-refractivity contribution < 1.29 is 14.3 Å². The molecule has 5 nitrogen and oxygen atoms in total. The molecule has 98 valence electrons. The van der Waals surface area contributed by atoms with Gasteiger partial charge in [0.05, 0.1) is 18.6 Å². The Morgan fingerprint density at radius 1 is 1.22 bits per heavy atom. The van der Waals surface area contributed by atoms with E-state index in [1.165, 1.54) is 7.11 Å². The lowest BCUT2D eigenvalue weighted by atomic mass is 10.0. The van der Waals surface area contributed by atoms with Crippen molar-refractivity contribution in [2.45, 2.75) is 19.9 Å². The molecular weight excluding hydrogens is 232 g/mol. The van der Waals surface area contributed by atoms with Crippen molar-refractivity contribution in [1.29, 1.82) is 0 Å². The normalized spacial score (nSPS) is 13.6. The number of anilines is 1. The Kier molecular flexibility index (Phi) is 4.85. The average molecular weight is 250 g/mol. The highest BCUT2D eigenvalue weighted by atomic mass is 16.5. The first-order chi connectivity index (χ1) is 8.45. The van der Waals surface area contributed by atoms with Crippen LogP contribution in [0.4, 0.5) is 5.69 Å². The summed E-state index contributed by atoms with van der Waals surface area (Å²) in [6.45, 7) is 3.55. The molecule has 1 aromatic carbocycles. The molecule has 3 N–H and O–H groups in total. The van der Waals surface area contributed by atoms with E-state index in [9.17, 15) is 9.59 Å². The van der Waals surface area contributed by atoms with Crippen LogP contribution in [0.25, 0.3) is 0 Å². The number of nitrogens with one attached hydrogen (secondary N) is 1. The van der Waals surface area contributed by atoms with Gasteiger partial charge < -0.3 is 15.8 Å². The average Bonchev–Trinajstić information content (AvgIpc) is 2.37. The number of rotatable bonds is 4. The summed E-state index contributed by atoms with van der Waals surface area (Å²) in [5.41, 5.74) is 6.72. The summed E-state index contributed by atoms with van der Waals surface area (Å²) in [4.78, 5) is 23.0. The summed E-state index contributed by atoms with van der Waals surface area (Å²) in [6.07, 6.45) is 0. The van der Waals surface area contributed by atoms with Crippen LogP contribution in [0.3, 0.4) is 0 Å². The van der Waals surface area contributed by atoms with Gasteiger partial charge >= 0.3 is 5.97 Å². The maximum absolute atomic E-state index is 11.7. The summed E-state index contributed by atoms with van der Waals surface area (Å²) in [5, 5.41) is 2.74. The molecule has 0 heterocycles. The molecule has 0 aliphatic carbocycles. The number of hydrogen-bond donors (Lipinski definition) is 2. The van der Waals surface area contributed by atoms with Crippen LogP contribution in [0, 0.1) is 5.92 Å². The lowest BCUT2D eigenvalue weighted by Gasteiger charge is -2.15. The van der Waals surface area contributed by atoms with Crippen molar-refractivity contribution in [3.63, 3.8) is 0 Å². The van der Waals surface area contributed by atoms with Gasteiger partial charge in [0.15, 0.2) is 0 Å². The fourth-order valence-corrected chi connectivity index (χ4v) is 1.30. The van der Waals surface area contributed by atoms with Gasteiger partial charge in [-0.3, -0.25) is 4.79 Å². The smallest absolute Gasteiger partial charge is 0.337 e. The monoisotopic (exact) mass is 250 g/mol.